The maximum absolute atomic E-state index is 12.9. The first kappa shape index (κ1) is 25.2. The van der Waals surface area contributed by atoms with Gasteiger partial charge in [0, 0.05) is 42.6 Å². The van der Waals surface area contributed by atoms with E-state index in [0.29, 0.717) is 30.4 Å². The second-order valence-electron chi connectivity index (χ2n) is 8.76. The Bertz CT molecular complexity index is 1180. The number of aromatic amines is 1. The number of aromatic nitrogens is 1. The van der Waals surface area contributed by atoms with Crippen LogP contribution in [0.4, 0.5) is 0 Å². The van der Waals surface area contributed by atoms with Gasteiger partial charge in [-0.1, -0.05) is 30.3 Å². The molecule has 8 heteroatoms. The van der Waals surface area contributed by atoms with E-state index in [-0.39, 0.29) is 11.6 Å². The Morgan fingerprint density at radius 1 is 1.20 bits per heavy atom. The molecule has 2 heterocycles. The van der Waals surface area contributed by atoms with Crippen molar-refractivity contribution in [3.05, 3.63) is 76.1 Å². The van der Waals surface area contributed by atoms with Crippen molar-refractivity contribution in [2.24, 2.45) is 0 Å². The number of hydrogen-bond donors (Lipinski definition) is 2. The lowest BCUT2D eigenvalue weighted by molar-refractivity contribution is 0.0357. The van der Waals surface area contributed by atoms with Crippen LogP contribution in [0.5, 0.6) is 5.75 Å². The Kier molecular flexibility index (Phi) is 8.74. The zero-order valence-electron chi connectivity index (χ0n) is 20.5. The third kappa shape index (κ3) is 6.81. The lowest BCUT2D eigenvalue weighted by Crippen LogP contribution is -2.46. The second kappa shape index (κ2) is 12.2. The molecule has 0 saturated carbocycles. The maximum atomic E-state index is 12.9. The van der Waals surface area contributed by atoms with Gasteiger partial charge in [-0.3, -0.25) is 9.69 Å². The first-order valence-electron chi connectivity index (χ1n) is 12.2. The molecule has 1 saturated heterocycles. The van der Waals surface area contributed by atoms with Crippen LogP contribution >= 0.6 is 12.2 Å². The number of pyridine rings is 1. The van der Waals surface area contributed by atoms with Crippen LogP contribution in [0.1, 0.15) is 31.0 Å². The normalized spacial score (nSPS) is 15.0. The van der Waals surface area contributed by atoms with Gasteiger partial charge in [0.15, 0.2) is 5.11 Å². The number of fused-ring (bicyclic) bond motifs is 1. The molecule has 1 fully saturated rings. The number of hydrogen-bond acceptors (Lipinski definition) is 5. The fourth-order valence-electron chi connectivity index (χ4n) is 4.25. The van der Waals surface area contributed by atoms with E-state index in [1.165, 1.54) is 0 Å². The van der Waals surface area contributed by atoms with Gasteiger partial charge in [-0.05, 0) is 55.9 Å². The largest absolute Gasteiger partial charge is 0.494 e. The molecule has 2 aromatic carbocycles. The van der Waals surface area contributed by atoms with Gasteiger partial charge in [0.2, 0.25) is 0 Å². The molecule has 0 unspecified atom stereocenters. The molecule has 35 heavy (non-hydrogen) atoms. The van der Waals surface area contributed by atoms with Crippen molar-refractivity contribution in [1.82, 2.24) is 20.1 Å². The SMILES string of the molecule is CCOc1ccc2[nH]c(=O)c(CN(CCN3CCOCC3)C(=S)N[C@@H](C)c3ccccc3)cc2c1. The number of nitrogens with zero attached hydrogens (tertiary/aromatic N) is 2. The van der Waals surface area contributed by atoms with Gasteiger partial charge in [0.25, 0.3) is 5.56 Å². The van der Waals surface area contributed by atoms with Crippen molar-refractivity contribution in [3.63, 3.8) is 0 Å². The molecule has 0 aliphatic carbocycles. The summed E-state index contributed by atoms with van der Waals surface area (Å²) < 4.78 is 11.1. The molecule has 0 bridgehead atoms. The van der Waals surface area contributed by atoms with Crippen molar-refractivity contribution in [2.45, 2.75) is 26.4 Å². The van der Waals surface area contributed by atoms with Crippen LogP contribution in [0.3, 0.4) is 0 Å². The average Bonchev–Trinajstić information content (AvgIpc) is 2.88. The Balaban J connectivity index is 1.54. The minimum Gasteiger partial charge on any atom is -0.494 e. The third-order valence-corrected chi connectivity index (χ3v) is 6.66. The summed E-state index contributed by atoms with van der Waals surface area (Å²) in [7, 11) is 0. The molecule has 4 rings (SSSR count). The van der Waals surface area contributed by atoms with E-state index in [0.717, 1.165) is 55.1 Å². The van der Waals surface area contributed by atoms with Crippen LogP contribution in [-0.4, -0.2) is 65.9 Å². The van der Waals surface area contributed by atoms with Gasteiger partial charge in [0.1, 0.15) is 5.75 Å². The molecule has 1 aromatic heterocycles. The number of ether oxygens (including phenoxy) is 2. The lowest BCUT2D eigenvalue weighted by Gasteiger charge is -2.32. The van der Waals surface area contributed by atoms with Crippen LogP contribution in [0.2, 0.25) is 0 Å². The number of benzene rings is 2. The summed E-state index contributed by atoms with van der Waals surface area (Å²) in [5.74, 6) is 0.788. The van der Waals surface area contributed by atoms with E-state index < -0.39 is 0 Å². The van der Waals surface area contributed by atoms with E-state index >= 15 is 0 Å². The minimum atomic E-state index is -0.100. The van der Waals surface area contributed by atoms with Crippen molar-refractivity contribution < 1.29 is 9.47 Å². The van der Waals surface area contributed by atoms with Crippen molar-refractivity contribution in [2.75, 3.05) is 46.0 Å². The minimum absolute atomic E-state index is 0.0539. The van der Waals surface area contributed by atoms with Gasteiger partial charge in [0.05, 0.1) is 32.4 Å². The summed E-state index contributed by atoms with van der Waals surface area (Å²) in [6.45, 7) is 9.95. The number of H-pyrrole nitrogens is 1. The summed E-state index contributed by atoms with van der Waals surface area (Å²) in [6.07, 6.45) is 0. The molecule has 0 spiro atoms. The highest BCUT2D eigenvalue weighted by atomic mass is 32.1. The number of morpholine rings is 1. The Labute approximate surface area is 212 Å². The maximum Gasteiger partial charge on any atom is 0.253 e. The average molecular weight is 495 g/mol. The zero-order valence-corrected chi connectivity index (χ0v) is 21.3. The highest BCUT2D eigenvalue weighted by molar-refractivity contribution is 7.80. The standard InChI is InChI=1S/C27H34N4O3S/c1-3-34-24-9-10-25-22(18-24)17-23(26(32)29-25)19-31(12-11-30-13-15-33-16-14-30)27(35)28-20(2)21-7-5-4-6-8-21/h4-10,17-18,20H,3,11-16,19H2,1-2H3,(H,28,35)(H,29,32)/t20-/m0/s1. The predicted molar refractivity (Wildman–Crippen MR) is 144 cm³/mol. The number of rotatable bonds is 9. The zero-order chi connectivity index (χ0) is 24.6. The predicted octanol–water partition coefficient (Wildman–Crippen LogP) is 3.70. The van der Waals surface area contributed by atoms with Crippen LogP contribution < -0.4 is 15.6 Å². The van der Waals surface area contributed by atoms with E-state index in [2.05, 4.69) is 39.2 Å². The molecule has 1 atom stereocenters. The topological polar surface area (TPSA) is 69.8 Å². The summed E-state index contributed by atoms with van der Waals surface area (Å²) in [5.41, 5.74) is 2.53. The van der Waals surface area contributed by atoms with Gasteiger partial charge in [-0.2, -0.15) is 0 Å². The molecular formula is C27H34N4O3S. The van der Waals surface area contributed by atoms with E-state index in [9.17, 15) is 4.79 Å². The van der Waals surface area contributed by atoms with Crippen LogP contribution in [0.25, 0.3) is 10.9 Å². The Morgan fingerprint density at radius 2 is 1.97 bits per heavy atom. The highest BCUT2D eigenvalue weighted by Crippen LogP contribution is 2.20. The highest BCUT2D eigenvalue weighted by Gasteiger charge is 2.18. The number of nitrogens with one attached hydrogen (secondary N) is 2. The number of thiocarbonyl (C=S) groups is 1. The van der Waals surface area contributed by atoms with E-state index in [1.807, 2.05) is 49.4 Å². The quantitative estimate of drug-likeness (QED) is 0.440. The third-order valence-electron chi connectivity index (χ3n) is 6.28. The van der Waals surface area contributed by atoms with Gasteiger partial charge >= 0.3 is 0 Å². The summed E-state index contributed by atoms with van der Waals surface area (Å²) in [6, 6.07) is 18.0. The molecule has 1 aliphatic rings. The van der Waals surface area contributed by atoms with Crippen molar-refractivity contribution >= 4 is 28.2 Å². The Morgan fingerprint density at radius 3 is 2.71 bits per heavy atom. The lowest BCUT2D eigenvalue weighted by atomic mass is 10.1. The fraction of sp³-hybridized carbons (Fsp3) is 0.407. The first-order chi connectivity index (χ1) is 17.0. The molecule has 186 valence electrons. The molecule has 1 aliphatic heterocycles. The molecular weight excluding hydrogens is 460 g/mol. The molecule has 0 amide bonds. The van der Waals surface area contributed by atoms with Gasteiger partial charge in [-0.15, -0.1) is 0 Å². The van der Waals surface area contributed by atoms with Gasteiger partial charge < -0.3 is 24.7 Å². The smallest absolute Gasteiger partial charge is 0.253 e. The van der Waals surface area contributed by atoms with Crippen LogP contribution in [-0.2, 0) is 11.3 Å². The first-order valence-corrected chi connectivity index (χ1v) is 12.6. The molecule has 0 radical (unpaired) electrons. The monoisotopic (exact) mass is 494 g/mol. The molecule has 2 N–H and O–H groups in total. The molecule has 3 aromatic rings. The van der Waals surface area contributed by atoms with Crippen LogP contribution in [0, 0.1) is 0 Å². The fourth-order valence-corrected chi connectivity index (χ4v) is 4.58. The molecule has 7 nitrogen and oxygen atoms in total. The summed E-state index contributed by atoms with van der Waals surface area (Å²) >= 11 is 5.85. The van der Waals surface area contributed by atoms with Crippen molar-refractivity contribution in [3.8, 4) is 5.75 Å². The van der Waals surface area contributed by atoms with E-state index in [4.69, 9.17) is 21.7 Å². The van der Waals surface area contributed by atoms with Crippen molar-refractivity contribution in [1.29, 1.82) is 0 Å². The van der Waals surface area contributed by atoms with Gasteiger partial charge in [-0.25, -0.2) is 0 Å². The second-order valence-corrected chi connectivity index (χ2v) is 9.15. The van der Waals surface area contributed by atoms with Crippen LogP contribution in [0.15, 0.2) is 59.4 Å². The van der Waals surface area contributed by atoms with E-state index in [1.54, 1.807) is 0 Å². The summed E-state index contributed by atoms with van der Waals surface area (Å²) in [4.78, 5) is 20.4. The Hall–Kier alpha value is -2.94. The summed E-state index contributed by atoms with van der Waals surface area (Å²) in [5, 5.41) is 5.04.